The molecule has 3 N–H and O–H groups in total. The number of thiazole rings is 1. The molecule has 3 heterocycles. The largest absolute Gasteiger partial charge is 0.442 e. The molecule has 0 radical (unpaired) electrons. The van der Waals surface area contributed by atoms with Gasteiger partial charge in [-0.1, -0.05) is 0 Å². The van der Waals surface area contributed by atoms with Gasteiger partial charge in [0.05, 0.1) is 31.9 Å². The minimum atomic E-state index is -3.22. The van der Waals surface area contributed by atoms with Crippen LogP contribution >= 0.6 is 11.3 Å². The molecule has 1 aromatic carbocycles. The van der Waals surface area contributed by atoms with E-state index in [4.69, 9.17) is 4.74 Å². The van der Waals surface area contributed by atoms with Crippen LogP contribution in [-0.2, 0) is 16.1 Å². The number of nitrogens with one attached hydrogen (secondary N) is 3. The van der Waals surface area contributed by atoms with E-state index in [1.54, 1.807) is 11.6 Å². The van der Waals surface area contributed by atoms with E-state index in [2.05, 4.69) is 15.7 Å². The number of amides is 4. The third kappa shape index (κ3) is 6.37. The van der Waals surface area contributed by atoms with Crippen molar-refractivity contribution < 1.29 is 36.7 Å². The number of alkyl halides is 2. The number of nitrogens with zero attached hydrogens (tertiary/aromatic N) is 4. The van der Waals surface area contributed by atoms with E-state index in [1.165, 1.54) is 21.2 Å². The number of rotatable bonds is 7. The predicted octanol–water partition coefficient (Wildman–Crippen LogP) is 1.66. The average molecular weight is 546 g/mol. The Morgan fingerprint density at radius 3 is 2.62 bits per heavy atom. The molecule has 2 aliphatic heterocycles. The standard InChI is InChI=1S/C21H23F4N7O4S/c22-14-7-12(31-11-13(36-21(31)35)9-27-19(33)18(24)25)8-15(23)17(14)30-3-1-29-32(5-4-30)20(34)28-10-16-26-2-6-37-16/h2,6-8,13,18,29H,1,3-5,9-11H2,(H,27,33)(H,28,34). The van der Waals surface area contributed by atoms with Gasteiger partial charge in [-0.25, -0.2) is 28.8 Å². The van der Waals surface area contributed by atoms with Crippen LogP contribution < -0.4 is 25.9 Å². The number of hydrazine groups is 1. The van der Waals surface area contributed by atoms with Crippen molar-refractivity contribution in [1.29, 1.82) is 0 Å². The summed E-state index contributed by atoms with van der Waals surface area (Å²) in [6.45, 7) is 0.373. The molecule has 1 atom stereocenters. The van der Waals surface area contributed by atoms with Crippen LogP contribution in [0.5, 0.6) is 0 Å². The molecule has 1 aromatic heterocycles. The van der Waals surface area contributed by atoms with Gasteiger partial charge in [0.1, 0.15) is 16.8 Å². The van der Waals surface area contributed by atoms with E-state index < -0.39 is 42.2 Å². The molecule has 16 heteroatoms. The Morgan fingerprint density at radius 2 is 1.95 bits per heavy atom. The lowest BCUT2D eigenvalue weighted by atomic mass is 10.2. The Labute approximate surface area is 212 Å². The van der Waals surface area contributed by atoms with Gasteiger partial charge in [0, 0.05) is 43.3 Å². The molecule has 4 amide bonds. The van der Waals surface area contributed by atoms with Crippen molar-refractivity contribution in [1.82, 2.24) is 26.1 Å². The summed E-state index contributed by atoms with van der Waals surface area (Å²) in [4.78, 5) is 42.1. The fourth-order valence-corrected chi connectivity index (χ4v) is 4.41. The molecular weight excluding hydrogens is 522 g/mol. The first-order chi connectivity index (χ1) is 17.7. The molecule has 11 nitrogen and oxygen atoms in total. The molecule has 2 fully saturated rings. The summed E-state index contributed by atoms with van der Waals surface area (Å²) in [7, 11) is 0. The van der Waals surface area contributed by atoms with Crippen LogP contribution in [0.1, 0.15) is 5.01 Å². The molecule has 4 rings (SSSR count). The number of carbonyl (C=O) groups excluding carboxylic acids is 3. The second-order valence-electron chi connectivity index (χ2n) is 8.05. The van der Waals surface area contributed by atoms with Crippen LogP contribution in [0.4, 0.5) is 38.5 Å². The second-order valence-corrected chi connectivity index (χ2v) is 9.03. The van der Waals surface area contributed by atoms with E-state index in [0.717, 1.165) is 22.0 Å². The molecule has 0 bridgehead atoms. The molecule has 0 saturated carbocycles. The molecule has 2 aliphatic rings. The molecule has 2 saturated heterocycles. The van der Waals surface area contributed by atoms with Crippen LogP contribution in [0, 0.1) is 11.6 Å². The number of anilines is 2. The highest BCUT2D eigenvalue weighted by Crippen LogP contribution is 2.31. The monoisotopic (exact) mass is 545 g/mol. The number of ether oxygens (including phenoxy) is 1. The summed E-state index contributed by atoms with van der Waals surface area (Å²) in [6.07, 6.45) is -3.49. The fourth-order valence-electron chi connectivity index (χ4n) is 3.86. The molecule has 37 heavy (non-hydrogen) atoms. The molecular formula is C21H23F4N7O4S. The molecule has 0 spiro atoms. The number of hydrogen-bond donors (Lipinski definition) is 3. The van der Waals surface area contributed by atoms with Crippen LogP contribution in [0.3, 0.4) is 0 Å². The summed E-state index contributed by atoms with van der Waals surface area (Å²) in [5.41, 5.74) is 2.48. The smallest absolute Gasteiger partial charge is 0.414 e. The highest BCUT2D eigenvalue weighted by molar-refractivity contribution is 7.09. The van der Waals surface area contributed by atoms with Gasteiger partial charge in [-0.15, -0.1) is 11.3 Å². The minimum absolute atomic E-state index is 0.123. The first-order valence-corrected chi connectivity index (χ1v) is 12.1. The van der Waals surface area contributed by atoms with Gasteiger partial charge in [0.2, 0.25) is 0 Å². The molecule has 1 unspecified atom stereocenters. The summed E-state index contributed by atoms with van der Waals surface area (Å²) in [5, 5.41) is 8.51. The van der Waals surface area contributed by atoms with E-state index in [-0.39, 0.29) is 57.2 Å². The first-order valence-electron chi connectivity index (χ1n) is 11.2. The third-order valence-electron chi connectivity index (χ3n) is 5.60. The number of hydrogen-bond acceptors (Lipinski definition) is 8. The van der Waals surface area contributed by atoms with Crippen molar-refractivity contribution >= 4 is 40.7 Å². The third-order valence-corrected chi connectivity index (χ3v) is 6.38. The Kier molecular flexibility index (Phi) is 8.27. The van der Waals surface area contributed by atoms with Gasteiger partial charge in [0.15, 0.2) is 11.6 Å². The molecule has 2 aromatic rings. The maximum Gasteiger partial charge on any atom is 0.414 e. The van der Waals surface area contributed by atoms with Gasteiger partial charge >= 0.3 is 18.5 Å². The van der Waals surface area contributed by atoms with Crippen LogP contribution in [0.2, 0.25) is 0 Å². The zero-order chi connectivity index (χ0) is 26.5. The Bertz CT molecular complexity index is 1120. The van der Waals surface area contributed by atoms with Crippen molar-refractivity contribution in [3.63, 3.8) is 0 Å². The van der Waals surface area contributed by atoms with Crippen molar-refractivity contribution in [3.05, 3.63) is 40.4 Å². The number of aromatic nitrogens is 1. The highest BCUT2D eigenvalue weighted by atomic mass is 32.1. The van der Waals surface area contributed by atoms with E-state index >= 15 is 8.78 Å². The fraction of sp³-hybridized carbons (Fsp3) is 0.429. The Morgan fingerprint density at radius 1 is 1.19 bits per heavy atom. The quantitative estimate of drug-likeness (QED) is 0.453. The lowest BCUT2D eigenvalue weighted by Crippen LogP contribution is -2.48. The maximum absolute atomic E-state index is 15.1. The lowest BCUT2D eigenvalue weighted by Gasteiger charge is -2.25. The van der Waals surface area contributed by atoms with Crippen molar-refractivity contribution in [3.8, 4) is 0 Å². The number of urea groups is 1. The van der Waals surface area contributed by atoms with Gasteiger partial charge in [-0.05, 0) is 0 Å². The zero-order valence-corrected chi connectivity index (χ0v) is 20.1. The minimum Gasteiger partial charge on any atom is -0.442 e. The topological polar surface area (TPSA) is 119 Å². The average Bonchev–Trinajstić information content (AvgIpc) is 3.44. The van der Waals surface area contributed by atoms with Gasteiger partial charge in [-0.2, -0.15) is 8.78 Å². The van der Waals surface area contributed by atoms with E-state index in [1.807, 2.05) is 5.32 Å². The summed E-state index contributed by atoms with van der Waals surface area (Å²) >= 11 is 1.40. The highest BCUT2D eigenvalue weighted by Gasteiger charge is 2.34. The Balaban J connectivity index is 1.37. The number of halogens is 4. The van der Waals surface area contributed by atoms with E-state index in [9.17, 15) is 23.2 Å². The van der Waals surface area contributed by atoms with Gasteiger partial charge in [-0.3, -0.25) is 14.7 Å². The number of cyclic esters (lactones) is 1. The molecule has 0 aliphatic carbocycles. The lowest BCUT2D eigenvalue weighted by molar-refractivity contribution is -0.132. The molecule has 200 valence electrons. The predicted molar refractivity (Wildman–Crippen MR) is 124 cm³/mol. The second kappa shape index (κ2) is 11.6. The van der Waals surface area contributed by atoms with Crippen molar-refractivity contribution in [2.45, 2.75) is 19.1 Å². The summed E-state index contributed by atoms with van der Waals surface area (Å²) in [5.74, 6) is -3.38. The maximum atomic E-state index is 15.1. The SMILES string of the molecule is O=C(NCC1CN(c2cc(F)c(N3CCNN(C(=O)NCc4nccs4)CC3)c(F)c2)C(=O)O1)C(F)F. The number of benzene rings is 1. The van der Waals surface area contributed by atoms with Gasteiger partial charge < -0.3 is 20.3 Å². The van der Waals surface area contributed by atoms with E-state index in [0.29, 0.717) is 0 Å². The Hall–Kier alpha value is -3.66. The zero-order valence-electron chi connectivity index (χ0n) is 19.3. The van der Waals surface area contributed by atoms with Crippen molar-refractivity contribution in [2.75, 3.05) is 49.1 Å². The van der Waals surface area contributed by atoms with Gasteiger partial charge in [0.25, 0.3) is 5.91 Å². The van der Waals surface area contributed by atoms with Crippen LogP contribution in [0.15, 0.2) is 23.7 Å². The van der Waals surface area contributed by atoms with Crippen molar-refractivity contribution in [2.24, 2.45) is 0 Å². The summed E-state index contributed by atoms with van der Waals surface area (Å²) < 4.78 is 59.8. The number of carbonyl (C=O) groups is 3. The van der Waals surface area contributed by atoms with Crippen LogP contribution in [0.25, 0.3) is 0 Å². The normalized spacial score (nSPS) is 18.1. The van der Waals surface area contributed by atoms with Crippen LogP contribution in [-0.4, -0.2) is 79.8 Å². The first kappa shape index (κ1) is 26.4. The summed E-state index contributed by atoms with van der Waals surface area (Å²) in [6, 6.07) is 1.54.